The van der Waals surface area contributed by atoms with Crippen LogP contribution in [0.15, 0.2) is 59.4 Å². The Balaban J connectivity index is 1.75. The Morgan fingerprint density at radius 2 is 1.89 bits per heavy atom. The molecule has 5 heteroatoms. The smallest absolute Gasteiger partial charge is 0.261 e. The molecule has 0 bridgehead atoms. The van der Waals surface area contributed by atoms with Gasteiger partial charge >= 0.3 is 0 Å². The molecule has 2 aromatic carbocycles. The van der Waals surface area contributed by atoms with Crippen molar-refractivity contribution in [3.05, 3.63) is 76.3 Å². The van der Waals surface area contributed by atoms with Crippen LogP contribution in [-0.4, -0.2) is 34.7 Å². The van der Waals surface area contributed by atoms with Crippen molar-refractivity contribution in [3.63, 3.8) is 0 Å². The first-order valence-electron chi connectivity index (χ1n) is 9.54. The predicted molar refractivity (Wildman–Crippen MR) is 107 cm³/mol. The number of likely N-dealkylation sites (tertiary alicyclic amines) is 1. The fraction of sp³-hybridized carbons (Fsp3) is 0.364. The van der Waals surface area contributed by atoms with Gasteiger partial charge < -0.3 is 4.74 Å². The molecule has 1 aromatic heterocycles. The number of rotatable bonds is 6. The summed E-state index contributed by atoms with van der Waals surface area (Å²) in [6.45, 7) is 2.92. The van der Waals surface area contributed by atoms with Crippen LogP contribution >= 0.6 is 0 Å². The highest BCUT2D eigenvalue weighted by molar-refractivity contribution is 5.77. The minimum atomic E-state index is 0.0270. The van der Waals surface area contributed by atoms with Gasteiger partial charge in [0.15, 0.2) is 0 Å². The molecule has 5 nitrogen and oxygen atoms in total. The largest absolute Gasteiger partial charge is 0.383 e. The van der Waals surface area contributed by atoms with E-state index in [4.69, 9.17) is 9.72 Å². The summed E-state index contributed by atoms with van der Waals surface area (Å²) >= 11 is 0. The average molecular weight is 363 g/mol. The van der Waals surface area contributed by atoms with Gasteiger partial charge in [-0.15, -0.1) is 0 Å². The van der Waals surface area contributed by atoms with E-state index in [9.17, 15) is 4.79 Å². The van der Waals surface area contributed by atoms with Crippen LogP contribution in [0.2, 0.25) is 0 Å². The van der Waals surface area contributed by atoms with E-state index in [2.05, 4.69) is 29.2 Å². The molecule has 0 radical (unpaired) electrons. The Morgan fingerprint density at radius 3 is 2.70 bits per heavy atom. The summed E-state index contributed by atoms with van der Waals surface area (Å²) in [6.07, 6.45) is 2.13. The number of methoxy groups -OCH3 is 1. The molecule has 1 atom stereocenters. The highest BCUT2D eigenvalue weighted by Crippen LogP contribution is 2.32. The van der Waals surface area contributed by atoms with Crippen molar-refractivity contribution in [3.8, 4) is 0 Å². The Morgan fingerprint density at radius 1 is 1.11 bits per heavy atom. The van der Waals surface area contributed by atoms with Gasteiger partial charge in [-0.2, -0.15) is 0 Å². The van der Waals surface area contributed by atoms with Gasteiger partial charge in [0, 0.05) is 13.7 Å². The van der Waals surface area contributed by atoms with E-state index in [-0.39, 0.29) is 11.6 Å². The molecule has 1 unspecified atom stereocenters. The van der Waals surface area contributed by atoms with Crippen LogP contribution in [0.1, 0.15) is 30.3 Å². The van der Waals surface area contributed by atoms with Crippen molar-refractivity contribution in [2.75, 3.05) is 20.3 Å². The first kappa shape index (κ1) is 17.9. The van der Waals surface area contributed by atoms with E-state index in [1.807, 2.05) is 34.9 Å². The molecule has 0 spiro atoms. The van der Waals surface area contributed by atoms with Crippen LogP contribution < -0.4 is 5.56 Å². The van der Waals surface area contributed by atoms with Gasteiger partial charge in [-0.3, -0.25) is 14.3 Å². The van der Waals surface area contributed by atoms with Gasteiger partial charge in [0.25, 0.3) is 5.56 Å². The maximum atomic E-state index is 13.1. The number of hydrogen-bond acceptors (Lipinski definition) is 4. The minimum absolute atomic E-state index is 0.0270. The number of ether oxygens (including phenoxy) is 1. The molecule has 0 saturated carbocycles. The van der Waals surface area contributed by atoms with E-state index in [0.29, 0.717) is 18.5 Å². The molecule has 1 aliphatic rings. The maximum Gasteiger partial charge on any atom is 0.261 e. The first-order valence-corrected chi connectivity index (χ1v) is 9.54. The molecule has 140 valence electrons. The molecule has 1 saturated heterocycles. The van der Waals surface area contributed by atoms with E-state index in [1.165, 1.54) is 5.56 Å². The van der Waals surface area contributed by atoms with Crippen LogP contribution in [0.5, 0.6) is 0 Å². The second kappa shape index (κ2) is 8.03. The zero-order valence-electron chi connectivity index (χ0n) is 15.7. The molecular weight excluding hydrogens is 338 g/mol. The van der Waals surface area contributed by atoms with Gasteiger partial charge in [-0.25, -0.2) is 4.98 Å². The van der Waals surface area contributed by atoms with E-state index in [0.717, 1.165) is 37.3 Å². The molecule has 27 heavy (non-hydrogen) atoms. The molecule has 0 N–H and O–H groups in total. The van der Waals surface area contributed by atoms with Crippen molar-refractivity contribution in [1.82, 2.24) is 14.5 Å². The van der Waals surface area contributed by atoms with Crippen molar-refractivity contribution >= 4 is 10.9 Å². The van der Waals surface area contributed by atoms with E-state index < -0.39 is 0 Å². The molecule has 3 aromatic rings. The van der Waals surface area contributed by atoms with Gasteiger partial charge in [0.1, 0.15) is 5.82 Å². The van der Waals surface area contributed by atoms with Crippen LogP contribution in [0.25, 0.3) is 10.9 Å². The standard InChI is InChI=1S/C22H25N3O2/c1-27-15-14-25-21(23-19-11-6-5-10-18(19)22(25)26)20-12-7-13-24(20)16-17-8-3-2-4-9-17/h2-6,8-11,20H,7,12-16H2,1H3. The normalized spacial score (nSPS) is 17.6. The molecule has 0 amide bonds. The summed E-state index contributed by atoms with van der Waals surface area (Å²) in [7, 11) is 1.66. The molecule has 0 aliphatic carbocycles. The molecular formula is C22H25N3O2. The lowest BCUT2D eigenvalue weighted by Crippen LogP contribution is -2.33. The van der Waals surface area contributed by atoms with Crippen molar-refractivity contribution in [2.45, 2.75) is 32.0 Å². The average Bonchev–Trinajstić information content (AvgIpc) is 3.16. The van der Waals surface area contributed by atoms with E-state index >= 15 is 0 Å². The number of hydrogen-bond donors (Lipinski definition) is 0. The monoisotopic (exact) mass is 363 g/mol. The lowest BCUT2D eigenvalue weighted by Gasteiger charge is -2.26. The number of benzene rings is 2. The molecule has 2 heterocycles. The summed E-state index contributed by atoms with van der Waals surface area (Å²) in [5.74, 6) is 0.865. The molecule has 1 fully saturated rings. The lowest BCUT2D eigenvalue weighted by molar-refractivity contribution is 0.178. The summed E-state index contributed by atoms with van der Waals surface area (Å²) in [5.41, 5.74) is 2.09. The zero-order valence-corrected chi connectivity index (χ0v) is 15.7. The fourth-order valence-electron chi connectivity index (χ4n) is 3.96. The minimum Gasteiger partial charge on any atom is -0.383 e. The van der Waals surface area contributed by atoms with Crippen molar-refractivity contribution < 1.29 is 4.74 Å². The lowest BCUT2D eigenvalue weighted by atomic mass is 10.1. The Labute approximate surface area is 159 Å². The van der Waals surface area contributed by atoms with Crippen LogP contribution in [0.3, 0.4) is 0 Å². The topological polar surface area (TPSA) is 47.4 Å². The van der Waals surface area contributed by atoms with Gasteiger partial charge in [-0.1, -0.05) is 42.5 Å². The second-order valence-electron chi connectivity index (χ2n) is 7.05. The van der Waals surface area contributed by atoms with Crippen molar-refractivity contribution in [1.29, 1.82) is 0 Å². The van der Waals surface area contributed by atoms with Gasteiger partial charge in [0.2, 0.25) is 0 Å². The van der Waals surface area contributed by atoms with Crippen molar-refractivity contribution in [2.24, 2.45) is 0 Å². The third-order valence-electron chi connectivity index (χ3n) is 5.30. The zero-order chi connectivity index (χ0) is 18.6. The number of aromatic nitrogens is 2. The summed E-state index contributed by atoms with van der Waals surface area (Å²) in [6, 6.07) is 18.3. The third-order valence-corrected chi connectivity index (χ3v) is 5.30. The van der Waals surface area contributed by atoms with Crippen LogP contribution in [0.4, 0.5) is 0 Å². The maximum absolute atomic E-state index is 13.1. The highest BCUT2D eigenvalue weighted by atomic mass is 16.5. The second-order valence-corrected chi connectivity index (χ2v) is 7.05. The number of fused-ring (bicyclic) bond motifs is 1. The predicted octanol–water partition coefficient (Wildman–Crippen LogP) is 3.38. The SMILES string of the molecule is COCCn1c(C2CCCN2Cc2ccccc2)nc2ccccc2c1=O. The third kappa shape index (κ3) is 3.66. The Bertz CT molecular complexity index is 968. The Hall–Kier alpha value is -2.50. The summed E-state index contributed by atoms with van der Waals surface area (Å²) in [5, 5.41) is 0.671. The highest BCUT2D eigenvalue weighted by Gasteiger charge is 2.30. The van der Waals surface area contributed by atoms with Crippen LogP contribution in [0, 0.1) is 0 Å². The van der Waals surface area contributed by atoms with Crippen LogP contribution in [-0.2, 0) is 17.8 Å². The Kier molecular flexibility index (Phi) is 5.32. The molecule has 4 rings (SSSR count). The number of nitrogens with zero attached hydrogens (tertiary/aromatic N) is 3. The van der Waals surface area contributed by atoms with Gasteiger partial charge in [-0.05, 0) is 37.1 Å². The fourth-order valence-corrected chi connectivity index (χ4v) is 3.96. The summed E-state index contributed by atoms with van der Waals surface area (Å²) in [4.78, 5) is 20.5. The first-order chi connectivity index (χ1) is 13.3. The van der Waals surface area contributed by atoms with Gasteiger partial charge in [0.05, 0.1) is 30.1 Å². The van der Waals surface area contributed by atoms with E-state index in [1.54, 1.807) is 7.11 Å². The molecule has 1 aliphatic heterocycles. The summed E-state index contributed by atoms with van der Waals surface area (Å²) < 4.78 is 7.07. The number of para-hydroxylation sites is 1. The quantitative estimate of drug-likeness (QED) is 0.674.